The minimum absolute atomic E-state index is 0.739. The molecule has 1 heterocycles. The van der Waals surface area contributed by atoms with E-state index in [0.717, 1.165) is 27.7 Å². The van der Waals surface area contributed by atoms with Crippen molar-refractivity contribution in [2.24, 2.45) is 4.99 Å². The molecular weight excluding hydrogens is 280 g/mol. The Morgan fingerprint density at radius 2 is 1.81 bits per heavy atom. The quantitative estimate of drug-likeness (QED) is 0.592. The van der Waals surface area contributed by atoms with Gasteiger partial charge in [0.15, 0.2) is 0 Å². The minimum atomic E-state index is 0.739. The smallest absolute Gasteiger partial charge is 0.0645 e. The largest absolute Gasteiger partial charge is 0.316 e. The van der Waals surface area contributed by atoms with Gasteiger partial charge in [-0.25, -0.2) is 0 Å². The topological polar surface area (TPSA) is 17.3 Å². The molecule has 0 aliphatic heterocycles. The highest BCUT2D eigenvalue weighted by Gasteiger charge is 2.01. The molecule has 2 nitrogen and oxygen atoms in total. The first kappa shape index (κ1) is 13.7. The van der Waals surface area contributed by atoms with E-state index in [2.05, 4.69) is 21.7 Å². The van der Waals surface area contributed by atoms with Gasteiger partial charge in [-0.05, 0) is 48.9 Å². The van der Waals surface area contributed by atoms with Crippen LogP contribution in [-0.4, -0.2) is 10.8 Å². The monoisotopic (exact) mass is 294 g/mol. The van der Waals surface area contributed by atoms with Gasteiger partial charge in [0.25, 0.3) is 0 Å². The summed E-state index contributed by atoms with van der Waals surface area (Å²) < 4.78 is 2.10. The third kappa shape index (κ3) is 3.06. The van der Waals surface area contributed by atoms with E-state index in [0.29, 0.717) is 0 Å². The van der Waals surface area contributed by atoms with Crippen molar-refractivity contribution in [1.29, 1.82) is 0 Å². The molecule has 0 atom stereocenters. The van der Waals surface area contributed by atoms with Gasteiger partial charge in [0.05, 0.1) is 17.6 Å². The lowest BCUT2D eigenvalue weighted by atomic mass is 10.2. The number of halogens is 1. The molecule has 0 saturated heterocycles. The van der Waals surface area contributed by atoms with E-state index in [1.165, 1.54) is 0 Å². The Balaban J connectivity index is 1.90. The fourth-order valence-electron chi connectivity index (χ4n) is 2.13. The molecule has 0 radical (unpaired) electrons. The molecule has 0 bridgehead atoms. The number of hydrogen-bond acceptors (Lipinski definition) is 1. The summed E-state index contributed by atoms with van der Waals surface area (Å²) in [4.78, 5) is 4.51. The van der Waals surface area contributed by atoms with Crippen LogP contribution < -0.4 is 0 Å². The Labute approximate surface area is 129 Å². The molecule has 3 rings (SSSR count). The zero-order chi connectivity index (χ0) is 14.7. The van der Waals surface area contributed by atoms with E-state index in [-0.39, 0.29) is 0 Å². The van der Waals surface area contributed by atoms with Crippen LogP contribution in [0.15, 0.2) is 71.9 Å². The highest BCUT2D eigenvalue weighted by molar-refractivity contribution is 6.31. The van der Waals surface area contributed by atoms with Crippen LogP contribution in [0.5, 0.6) is 0 Å². The van der Waals surface area contributed by atoms with Gasteiger partial charge >= 0.3 is 0 Å². The van der Waals surface area contributed by atoms with Crippen LogP contribution in [-0.2, 0) is 0 Å². The van der Waals surface area contributed by atoms with E-state index in [4.69, 9.17) is 11.6 Å². The van der Waals surface area contributed by atoms with E-state index >= 15 is 0 Å². The second-order valence-corrected chi connectivity index (χ2v) is 5.24. The van der Waals surface area contributed by atoms with Gasteiger partial charge in [-0.1, -0.05) is 35.9 Å². The molecule has 0 unspecified atom stereocenters. The molecule has 21 heavy (non-hydrogen) atoms. The molecule has 0 fully saturated rings. The van der Waals surface area contributed by atoms with Crippen molar-refractivity contribution in [3.8, 4) is 5.69 Å². The molecule has 0 N–H and O–H groups in total. The van der Waals surface area contributed by atoms with Crippen molar-refractivity contribution in [1.82, 2.24) is 4.57 Å². The molecule has 3 aromatic rings. The summed E-state index contributed by atoms with van der Waals surface area (Å²) in [6.07, 6.45) is 3.88. The van der Waals surface area contributed by atoms with Crippen LogP contribution in [0.1, 0.15) is 11.3 Å². The van der Waals surface area contributed by atoms with Crippen LogP contribution in [0.3, 0.4) is 0 Å². The molecule has 1 aromatic heterocycles. The maximum absolute atomic E-state index is 6.12. The number of rotatable bonds is 3. The molecular formula is C18H15ClN2. The van der Waals surface area contributed by atoms with Crippen molar-refractivity contribution < 1.29 is 0 Å². The van der Waals surface area contributed by atoms with Crippen LogP contribution in [0, 0.1) is 6.92 Å². The van der Waals surface area contributed by atoms with Gasteiger partial charge in [-0.15, -0.1) is 0 Å². The highest BCUT2D eigenvalue weighted by Crippen LogP contribution is 2.22. The van der Waals surface area contributed by atoms with Gasteiger partial charge < -0.3 is 4.57 Å². The van der Waals surface area contributed by atoms with Gasteiger partial charge in [-0.3, -0.25) is 4.99 Å². The number of para-hydroxylation sites is 1. The van der Waals surface area contributed by atoms with E-state index in [9.17, 15) is 0 Å². The number of hydrogen-bond donors (Lipinski definition) is 0. The third-order valence-electron chi connectivity index (χ3n) is 3.32. The highest BCUT2D eigenvalue weighted by atomic mass is 35.5. The first-order chi connectivity index (χ1) is 10.2. The molecule has 104 valence electrons. The zero-order valence-corrected chi connectivity index (χ0v) is 12.5. The number of benzene rings is 2. The Morgan fingerprint density at radius 1 is 1.00 bits per heavy atom. The fourth-order valence-corrected chi connectivity index (χ4v) is 2.30. The van der Waals surface area contributed by atoms with E-state index in [1.54, 1.807) is 0 Å². The lowest BCUT2D eigenvalue weighted by Gasteiger charge is -2.05. The molecule has 0 amide bonds. The Kier molecular flexibility index (Phi) is 3.89. The maximum atomic E-state index is 6.12. The zero-order valence-electron chi connectivity index (χ0n) is 11.7. The van der Waals surface area contributed by atoms with Gasteiger partial charge in [0.2, 0.25) is 0 Å². The number of aryl methyl sites for hydroxylation is 1. The summed E-state index contributed by atoms with van der Waals surface area (Å²) >= 11 is 6.12. The summed E-state index contributed by atoms with van der Waals surface area (Å²) in [6, 6.07) is 20.1. The lowest BCUT2D eigenvalue weighted by molar-refractivity contribution is 1.07. The van der Waals surface area contributed by atoms with Crippen molar-refractivity contribution in [2.75, 3.05) is 0 Å². The number of aromatic nitrogens is 1. The second-order valence-electron chi connectivity index (χ2n) is 4.83. The van der Waals surface area contributed by atoms with E-state index in [1.807, 2.05) is 67.9 Å². The van der Waals surface area contributed by atoms with Crippen molar-refractivity contribution >= 4 is 23.5 Å². The minimum Gasteiger partial charge on any atom is -0.316 e. The third-order valence-corrected chi connectivity index (χ3v) is 3.72. The van der Waals surface area contributed by atoms with Crippen LogP contribution in [0.2, 0.25) is 5.02 Å². The van der Waals surface area contributed by atoms with Gasteiger partial charge in [0.1, 0.15) is 0 Å². The number of nitrogens with zero attached hydrogens (tertiary/aromatic N) is 2. The first-order valence-corrected chi connectivity index (χ1v) is 7.15. The molecule has 3 heteroatoms. The van der Waals surface area contributed by atoms with Gasteiger partial charge in [0, 0.05) is 16.9 Å². The molecule has 0 aliphatic carbocycles. The Morgan fingerprint density at radius 3 is 2.57 bits per heavy atom. The van der Waals surface area contributed by atoms with Crippen molar-refractivity contribution in [3.05, 3.63) is 83.1 Å². The van der Waals surface area contributed by atoms with Crippen molar-refractivity contribution in [3.63, 3.8) is 0 Å². The maximum Gasteiger partial charge on any atom is 0.0645 e. The SMILES string of the molecule is Cc1ccc(N=Cc2cccn2-c2ccccc2)cc1Cl. The van der Waals surface area contributed by atoms with E-state index < -0.39 is 0 Å². The average molecular weight is 295 g/mol. The summed E-state index contributed by atoms with van der Waals surface area (Å²) in [6.45, 7) is 1.98. The summed E-state index contributed by atoms with van der Waals surface area (Å²) in [7, 11) is 0. The second kappa shape index (κ2) is 5.98. The predicted molar refractivity (Wildman–Crippen MR) is 89.2 cm³/mol. The van der Waals surface area contributed by atoms with Crippen LogP contribution in [0.4, 0.5) is 5.69 Å². The standard InChI is InChI=1S/C18H15ClN2/c1-14-9-10-15(12-18(14)19)20-13-17-8-5-11-21(17)16-6-3-2-4-7-16/h2-13H,1H3. The van der Waals surface area contributed by atoms with Crippen LogP contribution >= 0.6 is 11.6 Å². The molecule has 2 aromatic carbocycles. The Bertz CT molecular complexity index is 773. The normalized spacial score (nSPS) is 11.1. The number of aliphatic imine (C=N–C) groups is 1. The molecule has 0 saturated carbocycles. The fraction of sp³-hybridized carbons (Fsp3) is 0.0556. The summed E-state index contributed by atoms with van der Waals surface area (Å²) in [5.74, 6) is 0. The predicted octanol–water partition coefficient (Wildman–Crippen LogP) is 5.19. The molecule has 0 spiro atoms. The van der Waals surface area contributed by atoms with Crippen LogP contribution in [0.25, 0.3) is 5.69 Å². The average Bonchev–Trinajstić information content (AvgIpc) is 2.98. The summed E-state index contributed by atoms with van der Waals surface area (Å²) in [5.41, 5.74) is 4.05. The Hall–Kier alpha value is -2.32. The summed E-state index contributed by atoms with van der Waals surface area (Å²) in [5, 5.41) is 0.739. The molecule has 0 aliphatic rings. The lowest BCUT2D eigenvalue weighted by Crippen LogP contribution is -1.97. The van der Waals surface area contributed by atoms with Crippen molar-refractivity contribution in [2.45, 2.75) is 6.92 Å². The first-order valence-electron chi connectivity index (χ1n) is 6.77. The van der Waals surface area contributed by atoms with Gasteiger partial charge in [-0.2, -0.15) is 0 Å².